The molecule has 140 valence electrons. The molecule has 1 heterocycles. The Kier molecular flexibility index (Phi) is 4.92. The van der Waals surface area contributed by atoms with E-state index in [9.17, 15) is 9.18 Å². The fourth-order valence-corrected chi connectivity index (χ4v) is 4.16. The van der Waals surface area contributed by atoms with E-state index in [-0.39, 0.29) is 23.6 Å². The van der Waals surface area contributed by atoms with Crippen molar-refractivity contribution in [1.29, 1.82) is 0 Å². The van der Waals surface area contributed by atoms with Crippen LogP contribution in [0.1, 0.15) is 43.4 Å². The minimum Gasteiger partial charge on any atom is -0.356 e. The number of para-hydroxylation sites is 1. The molecule has 4 nitrogen and oxygen atoms in total. The summed E-state index contributed by atoms with van der Waals surface area (Å²) >= 11 is 0. The molecule has 5 heteroatoms. The number of carbonyl (C=O) groups excluding carboxylic acids is 1. The highest BCUT2D eigenvalue weighted by molar-refractivity contribution is 5.86. The summed E-state index contributed by atoms with van der Waals surface area (Å²) in [6.07, 6.45) is 5.49. The molecular formula is C22H23FN2O2. The monoisotopic (exact) mass is 366 g/mol. The van der Waals surface area contributed by atoms with Crippen molar-refractivity contribution in [3.63, 3.8) is 0 Å². The van der Waals surface area contributed by atoms with Gasteiger partial charge in [0.2, 0.25) is 5.91 Å². The van der Waals surface area contributed by atoms with Gasteiger partial charge in [0.05, 0.1) is 6.42 Å². The van der Waals surface area contributed by atoms with Crippen LogP contribution < -0.4 is 5.32 Å². The second-order valence-electron chi connectivity index (χ2n) is 7.43. The average Bonchev–Trinajstić information content (AvgIpc) is 3.10. The van der Waals surface area contributed by atoms with E-state index in [0.29, 0.717) is 17.8 Å². The number of halogens is 1. The maximum atomic E-state index is 13.8. The largest absolute Gasteiger partial charge is 0.356 e. The Labute approximate surface area is 157 Å². The van der Waals surface area contributed by atoms with Crippen molar-refractivity contribution in [2.24, 2.45) is 0 Å². The zero-order chi connectivity index (χ0) is 18.7. The maximum Gasteiger partial charge on any atom is 0.226 e. The van der Waals surface area contributed by atoms with Gasteiger partial charge in [-0.3, -0.25) is 4.79 Å². The van der Waals surface area contributed by atoms with E-state index < -0.39 is 0 Å². The first-order valence-electron chi connectivity index (χ1n) is 9.52. The molecule has 0 unspecified atom stereocenters. The van der Waals surface area contributed by atoms with Gasteiger partial charge in [-0.25, -0.2) is 4.39 Å². The highest BCUT2D eigenvalue weighted by Gasteiger charge is 2.34. The number of fused-ring (bicyclic) bond motifs is 1. The van der Waals surface area contributed by atoms with Crippen molar-refractivity contribution in [2.45, 2.75) is 43.9 Å². The third-order valence-electron chi connectivity index (χ3n) is 5.65. The van der Waals surface area contributed by atoms with Gasteiger partial charge in [-0.2, -0.15) is 0 Å². The molecule has 0 saturated heterocycles. The Morgan fingerprint density at radius 3 is 2.74 bits per heavy atom. The number of aromatic nitrogens is 1. The van der Waals surface area contributed by atoms with Crippen LogP contribution in [0.15, 0.2) is 53.1 Å². The highest BCUT2D eigenvalue weighted by atomic mass is 19.1. The molecule has 1 N–H and O–H groups in total. The number of hydrogen-bond donors (Lipinski definition) is 1. The third-order valence-corrected chi connectivity index (χ3v) is 5.65. The Hall–Kier alpha value is -2.69. The zero-order valence-corrected chi connectivity index (χ0v) is 15.2. The molecule has 1 amide bonds. The molecule has 0 aliphatic heterocycles. The van der Waals surface area contributed by atoms with Crippen molar-refractivity contribution in [2.75, 3.05) is 6.54 Å². The minimum absolute atomic E-state index is 0.0876. The highest BCUT2D eigenvalue weighted by Crippen LogP contribution is 2.39. The normalized spacial score (nSPS) is 16.3. The van der Waals surface area contributed by atoms with Crippen molar-refractivity contribution >= 4 is 16.9 Å². The van der Waals surface area contributed by atoms with Gasteiger partial charge in [0, 0.05) is 17.3 Å². The quantitative estimate of drug-likeness (QED) is 0.722. The molecule has 4 rings (SSSR count). The van der Waals surface area contributed by atoms with E-state index >= 15 is 0 Å². The van der Waals surface area contributed by atoms with Crippen LogP contribution in [0.4, 0.5) is 4.39 Å². The van der Waals surface area contributed by atoms with Gasteiger partial charge in [-0.1, -0.05) is 48.7 Å². The lowest BCUT2D eigenvalue weighted by molar-refractivity contribution is -0.120. The van der Waals surface area contributed by atoms with E-state index in [1.165, 1.54) is 12.5 Å². The van der Waals surface area contributed by atoms with Gasteiger partial charge in [0.25, 0.3) is 0 Å². The van der Waals surface area contributed by atoms with E-state index in [2.05, 4.69) is 10.5 Å². The number of nitrogens with one attached hydrogen (secondary N) is 1. The summed E-state index contributed by atoms with van der Waals surface area (Å²) in [5.74, 6) is -0.312. The Balaban J connectivity index is 1.48. The number of amides is 1. The Bertz CT molecular complexity index is 944. The predicted molar refractivity (Wildman–Crippen MR) is 102 cm³/mol. The molecule has 27 heavy (non-hydrogen) atoms. The van der Waals surface area contributed by atoms with Crippen molar-refractivity contribution < 1.29 is 13.7 Å². The first kappa shape index (κ1) is 17.7. The van der Waals surface area contributed by atoms with Gasteiger partial charge >= 0.3 is 0 Å². The fraction of sp³-hybridized carbons (Fsp3) is 0.364. The van der Waals surface area contributed by atoms with Crippen LogP contribution in [-0.2, 0) is 16.6 Å². The van der Waals surface area contributed by atoms with Crippen molar-refractivity contribution in [3.05, 3.63) is 65.6 Å². The number of nitrogens with zero attached hydrogens (tertiary/aromatic N) is 1. The van der Waals surface area contributed by atoms with Crippen LogP contribution in [0, 0.1) is 5.82 Å². The molecule has 0 bridgehead atoms. The average molecular weight is 366 g/mol. The molecule has 1 aromatic heterocycles. The van der Waals surface area contributed by atoms with Crippen LogP contribution in [0.25, 0.3) is 11.0 Å². The number of hydrogen-bond acceptors (Lipinski definition) is 3. The molecule has 3 aromatic rings. The summed E-state index contributed by atoms with van der Waals surface area (Å²) < 4.78 is 19.1. The number of carbonyl (C=O) groups is 1. The minimum atomic E-state index is -0.224. The van der Waals surface area contributed by atoms with E-state index in [1.807, 2.05) is 30.3 Å². The van der Waals surface area contributed by atoms with Gasteiger partial charge in [0.15, 0.2) is 5.58 Å². The lowest BCUT2D eigenvalue weighted by Gasteiger charge is -2.38. The smallest absolute Gasteiger partial charge is 0.226 e. The molecule has 1 fully saturated rings. The molecule has 1 aliphatic rings. The molecule has 1 aliphatic carbocycles. The molecule has 0 spiro atoms. The first-order chi connectivity index (χ1) is 13.2. The second kappa shape index (κ2) is 7.51. The van der Waals surface area contributed by atoms with Crippen LogP contribution >= 0.6 is 0 Å². The number of benzene rings is 2. The van der Waals surface area contributed by atoms with E-state index in [1.54, 1.807) is 12.1 Å². The van der Waals surface area contributed by atoms with Crippen LogP contribution in [0.2, 0.25) is 0 Å². The summed E-state index contributed by atoms with van der Waals surface area (Å²) in [6.45, 7) is 0.519. The summed E-state index contributed by atoms with van der Waals surface area (Å²) in [4.78, 5) is 12.6. The lowest BCUT2D eigenvalue weighted by Crippen LogP contribution is -2.42. The van der Waals surface area contributed by atoms with Gasteiger partial charge in [-0.15, -0.1) is 0 Å². The molecular weight excluding hydrogens is 343 g/mol. The molecule has 0 atom stereocenters. The Morgan fingerprint density at radius 1 is 1.11 bits per heavy atom. The standard InChI is InChI=1S/C22H23FN2O2/c23-17-8-6-7-16(13-17)22(11-4-1-5-12-22)15-24-21(26)14-19-18-9-2-3-10-20(18)27-25-19/h2-3,6-10,13H,1,4-5,11-12,14-15H2,(H,24,26). The molecule has 1 saturated carbocycles. The SMILES string of the molecule is O=C(Cc1noc2ccccc12)NCC1(c2cccc(F)c2)CCCCC1. The van der Waals surface area contributed by atoms with Crippen molar-refractivity contribution in [1.82, 2.24) is 10.5 Å². The summed E-state index contributed by atoms with van der Waals surface area (Å²) in [5.41, 5.74) is 2.12. The lowest BCUT2D eigenvalue weighted by atomic mass is 9.69. The topological polar surface area (TPSA) is 55.1 Å². The zero-order valence-electron chi connectivity index (χ0n) is 15.2. The first-order valence-corrected chi connectivity index (χ1v) is 9.52. The van der Waals surface area contributed by atoms with Gasteiger partial charge in [0.1, 0.15) is 11.5 Å². The van der Waals surface area contributed by atoms with E-state index in [0.717, 1.165) is 36.6 Å². The molecule has 0 radical (unpaired) electrons. The fourth-order valence-electron chi connectivity index (χ4n) is 4.16. The summed E-state index contributed by atoms with van der Waals surface area (Å²) in [7, 11) is 0. The maximum absolute atomic E-state index is 13.8. The van der Waals surface area contributed by atoms with Crippen LogP contribution in [-0.4, -0.2) is 17.6 Å². The van der Waals surface area contributed by atoms with Crippen LogP contribution in [0.5, 0.6) is 0 Å². The van der Waals surface area contributed by atoms with Crippen LogP contribution in [0.3, 0.4) is 0 Å². The van der Waals surface area contributed by atoms with Gasteiger partial charge < -0.3 is 9.84 Å². The predicted octanol–water partition coefficient (Wildman–Crippen LogP) is 4.53. The third kappa shape index (κ3) is 3.72. The molecule has 2 aromatic carbocycles. The van der Waals surface area contributed by atoms with Gasteiger partial charge in [-0.05, 0) is 42.7 Å². The summed E-state index contributed by atoms with van der Waals surface area (Å²) in [6, 6.07) is 14.3. The van der Waals surface area contributed by atoms with Crippen molar-refractivity contribution in [3.8, 4) is 0 Å². The van der Waals surface area contributed by atoms with E-state index in [4.69, 9.17) is 4.52 Å². The number of rotatable bonds is 5. The summed E-state index contributed by atoms with van der Waals surface area (Å²) in [5, 5.41) is 7.97. The Morgan fingerprint density at radius 2 is 1.93 bits per heavy atom. The second-order valence-corrected chi connectivity index (χ2v) is 7.43.